The third-order valence-electron chi connectivity index (χ3n) is 2.51. The molecule has 0 saturated carbocycles. The van der Waals surface area contributed by atoms with Gasteiger partial charge in [-0.2, -0.15) is 0 Å². The van der Waals surface area contributed by atoms with Crippen molar-refractivity contribution in [2.45, 2.75) is 9.96 Å². The number of aromatic nitrogens is 2. The summed E-state index contributed by atoms with van der Waals surface area (Å²) in [7, 11) is 0. The molecule has 0 atom stereocenters. The number of halogens is 1. The van der Waals surface area contributed by atoms with Crippen LogP contribution in [0.25, 0.3) is 11.5 Å². The second kappa shape index (κ2) is 5.87. The molecule has 0 aliphatic carbocycles. The Balaban J connectivity index is 1.69. The van der Waals surface area contributed by atoms with Gasteiger partial charge in [-0.25, -0.2) is 9.97 Å². The van der Waals surface area contributed by atoms with E-state index in [2.05, 4.69) is 9.97 Å². The number of nitrogens with zero attached hydrogens (tertiary/aromatic N) is 2. The molecule has 0 amide bonds. The van der Waals surface area contributed by atoms with Gasteiger partial charge in [0.25, 0.3) is 0 Å². The van der Waals surface area contributed by atoms with Gasteiger partial charge in [-0.1, -0.05) is 22.9 Å². The third-order valence-corrected chi connectivity index (χ3v) is 4.81. The predicted molar refractivity (Wildman–Crippen MR) is 83.0 cm³/mol. The van der Waals surface area contributed by atoms with Crippen molar-refractivity contribution in [1.29, 1.82) is 0 Å². The molecule has 7 heteroatoms. The number of hydrogen-bond donors (Lipinski definition) is 1. The zero-order valence-electron chi connectivity index (χ0n) is 10.2. The average molecular weight is 324 g/mol. The molecule has 0 bridgehead atoms. The summed E-state index contributed by atoms with van der Waals surface area (Å²) in [6.45, 7) is 0. The number of hydrogen-bond acceptors (Lipinski definition) is 6. The maximum Gasteiger partial charge on any atom is 0.226 e. The van der Waals surface area contributed by atoms with Crippen molar-refractivity contribution in [3.05, 3.63) is 47.4 Å². The monoisotopic (exact) mass is 323 g/mol. The summed E-state index contributed by atoms with van der Waals surface area (Å²) in [6, 6.07) is 7.40. The van der Waals surface area contributed by atoms with Crippen molar-refractivity contribution < 1.29 is 4.42 Å². The normalized spacial score (nSPS) is 10.8. The second-order valence-electron chi connectivity index (χ2n) is 3.96. The van der Waals surface area contributed by atoms with Crippen LogP contribution in [0.1, 0.15) is 5.69 Å². The smallest absolute Gasteiger partial charge is 0.226 e. The van der Waals surface area contributed by atoms with E-state index in [1.54, 1.807) is 24.2 Å². The van der Waals surface area contributed by atoms with E-state index in [1.165, 1.54) is 11.3 Å². The van der Waals surface area contributed by atoms with Crippen molar-refractivity contribution in [1.82, 2.24) is 9.97 Å². The van der Waals surface area contributed by atoms with Gasteiger partial charge in [0, 0.05) is 16.3 Å². The van der Waals surface area contributed by atoms with Crippen LogP contribution >= 0.6 is 34.7 Å². The first-order valence-corrected chi connectivity index (χ1v) is 7.93. The minimum Gasteiger partial charge on any atom is -0.444 e. The molecule has 102 valence electrons. The molecule has 3 aromatic rings. The molecule has 4 nitrogen and oxygen atoms in total. The molecule has 0 spiro atoms. The molecular formula is C13H10ClN3OS2. The second-order valence-corrected chi connectivity index (χ2v) is 6.73. The Hall–Kier alpha value is -1.50. The Kier molecular flexibility index (Phi) is 3.95. The van der Waals surface area contributed by atoms with E-state index in [0.29, 0.717) is 16.0 Å². The molecule has 3 rings (SSSR count). The fourth-order valence-corrected chi connectivity index (χ4v) is 3.34. The molecule has 0 fully saturated rings. The van der Waals surface area contributed by atoms with Crippen molar-refractivity contribution in [2.75, 3.05) is 5.73 Å². The number of thioether (sulfide) groups is 1. The number of anilines is 1. The third kappa shape index (κ3) is 3.15. The summed E-state index contributed by atoms with van der Waals surface area (Å²) in [5, 5.41) is 1.27. The van der Waals surface area contributed by atoms with Crippen LogP contribution < -0.4 is 5.73 Å². The quantitative estimate of drug-likeness (QED) is 0.724. The van der Waals surface area contributed by atoms with E-state index in [0.717, 1.165) is 21.2 Å². The fourth-order valence-electron chi connectivity index (χ4n) is 1.58. The van der Waals surface area contributed by atoms with Crippen LogP contribution in [-0.2, 0) is 5.75 Å². The largest absolute Gasteiger partial charge is 0.444 e. The lowest BCUT2D eigenvalue weighted by Gasteiger charge is -1.95. The van der Waals surface area contributed by atoms with E-state index in [9.17, 15) is 0 Å². The number of oxazole rings is 1. The lowest BCUT2D eigenvalue weighted by Crippen LogP contribution is -1.81. The van der Waals surface area contributed by atoms with Crippen LogP contribution in [0.3, 0.4) is 0 Å². The predicted octanol–water partition coefficient (Wildman–Crippen LogP) is 4.33. The van der Waals surface area contributed by atoms with Gasteiger partial charge < -0.3 is 10.2 Å². The standard InChI is InChI=1S/C13H10ClN3OS2/c14-9-3-1-8(2-4-9)12-17-10(6-18-12)7-19-11-5-16-13(15)20-11/h1-6H,7H2,(H2,15,16). The van der Waals surface area contributed by atoms with E-state index in [4.69, 9.17) is 21.8 Å². The molecule has 1 aromatic carbocycles. The van der Waals surface area contributed by atoms with Gasteiger partial charge in [-0.05, 0) is 24.3 Å². The van der Waals surface area contributed by atoms with Gasteiger partial charge >= 0.3 is 0 Å². The Labute approximate surface area is 129 Å². The summed E-state index contributed by atoms with van der Waals surface area (Å²) < 4.78 is 6.55. The molecule has 2 N–H and O–H groups in total. The van der Waals surface area contributed by atoms with E-state index < -0.39 is 0 Å². The van der Waals surface area contributed by atoms with Crippen molar-refractivity contribution in [2.24, 2.45) is 0 Å². The summed E-state index contributed by atoms with van der Waals surface area (Å²) in [5.74, 6) is 1.32. The summed E-state index contributed by atoms with van der Waals surface area (Å²) in [5.41, 5.74) is 7.38. The van der Waals surface area contributed by atoms with Crippen LogP contribution in [0.2, 0.25) is 5.02 Å². The number of benzene rings is 1. The Morgan fingerprint density at radius 2 is 2.10 bits per heavy atom. The van der Waals surface area contributed by atoms with Gasteiger partial charge in [0.2, 0.25) is 5.89 Å². The lowest BCUT2D eigenvalue weighted by atomic mass is 10.2. The van der Waals surface area contributed by atoms with Gasteiger partial charge in [-0.3, -0.25) is 0 Å². The zero-order valence-corrected chi connectivity index (χ0v) is 12.6. The fraction of sp³-hybridized carbons (Fsp3) is 0.0769. The maximum atomic E-state index is 5.85. The molecule has 0 radical (unpaired) electrons. The highest BCUT2D eigenvalue weighted by Crippen LogP contribution is 2.30. The number of nitrogens with two attached hydrogens (primary N) is 1. The number of rotatable bonds is 4. The summed E-state index contributed by atoms with van der Waals surface area (Å²) in [6.07, 6.45) is 3.44. The molecule has 2 heterocycles. The highest BCUT2D eigenvalue weighted by molar-refractivity contribution is 8.00. The topological polar surface area (TPSA) is 64.9 Å². The number of thiazole rings is 1. The molecule has 0 aliphatic rings. The molecule has 2 aromatic heterocycles. The van der Waals surface area contributed by atoms with Crippen LogP contribution in [0.5, 0.6) is 0 Å². The highest BCUT2D eigenvalue weighted by atomic mass is 35.5. The molecule has 0 unspecified atom stereocenters. The van der Waals surface area contributed by atoms with Gasteiger partial charge in [0.15, 0.2) is 5.13 Å². The van der Waals surface area contributed by atoms with Gasteiger partial charge in [-0.15, -0.1) is 11.8 Å². The van der Waals surface area contributed by atoms with Crippen molar-refractivity contribution in [3.63, 3.8) is 0 Å². The van der Waals surface area contributed by atoms with E-state index in [-0.39, 0.29) is 0 Å². The molecule has 0 aliphatic heterocycles. The highest BCUT2D eigenvalue weighted by Gasteiger charge is 2.08. The van der Waals surface area contributed by atoms with Crippen LogP contribution in [0, 0.1) is 0 Å². The van der Waals surface area contributed by atoms with Gasteiger partial charge in [0.1, 0.15) is 6.26 Å². The SMILES string of the molecule is Nc1ncc(SCc2coc(-c3ccc(Cl)cc3)n2)s1. The Bertz CT molecular complexity index is 708. The minimum atomic E-state index is 0.578. The summed E-state index contributed by atoms with van der Waals surface area (Å²) >= 11 is 8.96. The minimum absolute atomic E-state index is 0.578. The first kappa shape index (κ1) is 13.5. The van der Waals surface area contributed by atoms with Crippen LogP contribution in [0.15, 0.2) is 45.4 Å². The van der Waals surface area contributed by atoms with Gasteiger partial charge in [0.05, 0.1) is 16.1 Å². The summed E-state index contributed by atoms with van der Waals surface area (Å²) in [4.78, 5) is 8.46. The van der Waals surface area contributed by atoms with E-state index in [1.807, 2.05) is 24.3 Å². The Morgan fingerprint density at radius 3 is 2.80 bits per heavy atom. The van der Waals surface area contributed by atoms with Crippen molar-refractivity contribution >= 4 is 39.8 Å². The average Bonchev–Trinajstić information content (AvgIpc) is 3.06. The zero-order chi connectivity index (χ0) is 13.9. The van der Waals surface area contributed by atoms with Crippen LogP contribution in [-0.4, -0.2) is 9.97 Å². The first-order valence-electron chi connectivity index (χ1n) is 5.75. The molecular weight excluding hydrogens is 314 g/mol. The molecule has 0 saturated heterocycles. The number of nitrogen functional groups attached to an aromatic ring is 1. The van der Waals surface area contributed by atoms with Crippen LogP contribution in [0.4, 0.5) is 5.13 Å². The van der Waals surface area contributed by atoms with Crippen molar-refractivity contribution in [3.8, 4) is 11.5 Å². The first-order chi connectivity index (χ1) is 9.70. The lowest BCUT2D eigenvalue weighted by molar-refractivity contribution is 0.573. The Morgan fingerprint density at radius 1 is 1.30 bits per heavy atom. The molecule has 20 heavy (non-hydrogen) atoms. The maximum absolute atomic E-state index is 5.85. The van der Waals surface area contributed by atoms with E-state index >= 15 is 0 Å².